The molecule has 0 atom stereocenters. The molecule has 1 N–H and O–H groups in total. The van der Waals surface area contributed by atoms with Gasteiger partial charge >= 0.3 is 6.18 Å². The Hall–Kier alpha value is -2.23. The third-order valence-corrected chi connectivity index (χ3v) is 5.45. The third kappa shape index (κ3) is 3.37. The Morgan fingerprint density at radius 3 is 2.77 bits per heavy atom. The average molecular weight is 382 g/mol. The van der Waals surface area contributed by atoms with E-state index in [0.29, 0.717) is 24.5 Å². The van der Waals surface area contributed by atoms with E-state index < -0.39 is 12.0 Å². The summed E-state index contributed by atoms with van der Waals surface area (Å²) in [6, 6.07) is 1.66. The number of alkyl halides is 3. The number of hydrogen-bond acceptors (Lipinski definition) is 6. The smallest absolute Gasteiger partial charge is 0.369 e. The molecule has 0 amide bonds. The zero-order valence-corrected chi connectivity index (χ0v) is 14.9. The molecule has 0 bridgehead atoms. The maximum absolute atomic E-state index is 12.9. The van der Waals surface area contributed by atoms with Crippen LogP contribution < -0.4 is 5.32 Å². The topological polar surface area (TPSA) is 68.0 Å². The molecule has 10 heteroatoms. The Bertz CT molecular complexity index is 922. The Balaban J connectivity index is 1.51. The van der Waals surface area contributed by atoms with Gasteiger partial charge in [-0.3, -0.25) is 0 Å². The minimum atomic E-state index is -4.60. The molecular formula is C16H17F3N6S. The van der Waals surface area contributed by atoms with Gasteiger partial charge in [-0.05, 0) is 32.6 Å². The van der Waals surface area contributed by atoms with Gasteiger partial charge in [-0.25, -0.2) is 9.97 Å². The van der Waals surface area contributed by atoms with E-state index >= 15 is 0 Å². The first-order valence-electron chi connectivity index (χ1n) is 8.43. The fourth-order valence-electron chi connectivity index (χ4n) is 3.04. The van der Waals surface area contributed by atoms with Crippen LogP contribution in [0.15, 0.2) is 6.07 Å². The predicted molar refractivity (Wildman–Crippen MR) is 91.5 cm³/mol. The molecule has 1 aliphatic rings. The SMILES string of the molecule is Cc1cc(NCCc2nc3c(s2)CCCC3)n2nc(C(F)(F)F)nc2n1. The Morgan fingerprint density at radius 1 is 1.19 bits per heavy atom. The predicted octanol–water partition coefficient (Wildman–Crippen LogP) is 3.44. The number of rotatable bonds is 4. The van der Waals surface area contributed by atoms with E-state index in [-0.39, 0.29) is 5.78 Å². The van der Waals surface area contributed by atoms with Crippen molar-refractivity contribution in [3.63, 3.8) is 0 Å². The summed E-state index contributed by atoms with van der Waals surface area (Å²) in [6.45, 7) is 2.26. The highest BCUT2D eigenvalue weighted by molar-refractivity contribution is 7.11. The molecule has 26 heavy (non-hydrogen) atoms. The first kappa shape index (κ1) is 17.2. The van der Waals surface area contributed by atoms with Gasteiger partial charge in [0.05, 0.1) is 10.7 Å². The number of nitrogens with zero attached hydrogens (tertiary/aromatic N) is 5. The van der Waals surface area contributed by atoms with Gasteiger partial charge in [0, 0.05) is 29.6 Å². The second-order valence-electron chi connectivity index (χ2n) is 6.29. The number of thiazole rings is 1. The molecule has 0 spiro atoms. The standard InChI is InChI=1S/C16H17F3N6S/c1-9-8-12(25-15(21-9)23-14(24-25)16(17,18)19)20-7-6-13-22-10-4-2-3-5-11(10)26-13/h8,20H,2-7H2,1H3. The van der Waals surface area contributed by atoms with Crippen molar-refractivity contribution < 1.29 is 13.2 Å². The second-order valence-corrected chi connectivity index (χ2v) is 7.46. The van der Waals surface area contributed by atoms with E-state index in [1.807, 2.05) is 0 Å². The second kappa shape index (κ2) is 6.49. The maximum atomic E-state index is 12.9. The van der Waals surface area contributed by atoms with E-state index in [1.54, 1.807) is 24.3 Å². The maximum Gasteiger partial charge on any atom is 0.453 e. The van der Waals surface area contributed by atoms with Crippen LogP contribution in [0.4, 0.5) is 19.0 Å². The normalized spacial score (nSPS) is 14.6. The fraction of sp³-hybridized carbons (Fsp3) is 0.500. The number of aryl methyl sites for hydroxylation is 3. The molecule has 3 aromatic rings. The van der Waals surface area contributed by atoms with Crippen LogP contribution in [0.25, 0.3) is 5.78 Å². The number of nitrogens with one attached hydrogen (secondary N) is 1. The van der Waals surface area contributed by atoms with Gasteiger partial charge in [-0.2, -0.15) is 22.7 Å². The van der Waals surface area contributed by atoms with Gasteiger partial charge in [0.15, 0.2) is 0 Å². The highest BCUT2D eigenvalue weighted by Crippen LogP contribution is 2.28. The van der Waals surface area contributed by atoms with Gasteiger partial charge in [0.2, 0.25) is 0 Å². The van der Waals surface area contributed by atoms with Crippen molar-refractivity contribution in [1.29, 1.82) is 0 Å². The van der Waals surface area contributed by atoms with E-state index in [9.17, 15) is 13.2 Å². The van der Waals surface area contributed by atoms with Crippen molar-refractivity contribution in [2.24, 2.45) is 0 Å². The largest absolute Gasteiger partial charge is 0.453 e. The first-order valence-corrected chi connectivity index (χ1v) is 9.25. The highest BCUT2D eigenvalue weighted by atomic mass is 32.1. The molecule has 0 saturated heterocycles. The summed E-state index contributed by atoms with van der Waals surface area (Å²) in [6.07, 6.45) is 0.665. The minimum absolute atomic E-state index is 0.0652. The number of fused-ring (bicyclic) bond motifs is 2. The van der Waals surface area contributed by atoms with E-state index in [2.05, 4.69) is 25.4 Å². The average Bonchev–Trinajstić information content (AvgIpc) is 3.17. The number of hydrogen-bond donors (Lipinski definition) is 1. The van der Waals surface area contributed by atoms with Crippen LogP contribution in [-0.4, -0.2) is 31.1 Å². The Labute approximate surface area is 151 Å². The summed E-state index contributed by atoms with van der Waals surface area (Å²) in [5.41, 5.74) is 1.79. The molecule has 3 heterocycles. The highest BCUT2D eigenvalue weighted by Gasteiger charge is 2.36. The molecule has 3 aromatic heterocycles. The lowest BCUT2D eigenvalue weighted by Crippen LogP contribution is -2.11. The first-order chi connectivity index (χ1) is 12.4. The summed E-state index contributed by atoms with van der Waals surface area (Å²) >= 11 is 1.74. The molecular weight excluding hydrogens is 365 g/mol. The van der Waals surface area contributed by atoms with Crippen molar-refractivity contribution in [3.05, 3.63) is 33.2 Å². The van der Waals surface area contributed by atoms with E-state index in [0.717, 1.165) is 22.4 Å². The van der Waals surface area contributed by atoms with Crippen LogP contribution in [0, 0.1) is 6.92 Å². The molecule has 4 rings (SSSR count). The van der Waals surface area contributed by atoms with E-state index in [1.165, 1.54) is 23.4 Å². The number of halogens is 3. The molecule has 6 nitrogen and oxygen atoms in total. The number of anilines is 1. The monoisotopic (exact) mass is 382 g/mol. The molecule has 0 saturated carbocycles. The summed E-state index contributed by atoms with van der Waals surface area (Å²) < 4.78 is 39.7. The van der Waals surface area contributed by atoms with Crippen LogP contribution in [0.3, 0.4) is 0 Å². The van der Waals surface area contributed by atoms with Gasteiger partial charge in [-0.15, -0.1) is 16.4 Å². The fourth-order valence-corrected chi connectivity index (χ4v) is 4.20. The molecule has 0 radical (unpaired) electrons. The molecule has 0 aromatic carbocycles. The zero-order valence-electron chi connectivity index (χ0n) is 14.1. The summed E-state index contributed by atoms with van der Waals surface area (Å²) in [5.74, 6) is -0.812. The summed E-state index contributed by atoms with van der Waals surface area (Å²) in [5, 5.41) is 7.74. The molecule has 0 unspecified atom stereocenters. The zero-order chi connectivity index (χ0) is 18.3. The summed E-state index contributed by atoms with van der Waals surface area (Å²) in [7, 11) is 0. The van der Waals surface area contributed by atoms with Crippen LogP contribution in [-0.2, 0) is 25.4 Å². The van der Waals surface area contributed by atoms with Crippen molar-refractivity contribution in [1.82, 2.24) is 24.6 Å². The molecule has 138 valence electrons. The van der Waals surface area contributed by atoms with Gasteiger partial charge < -0.3 is 5.32 Å². The Kier molecular flexibility index (Phi) is 4.29. The molecule has 1 aliphatic carbocycles. The van der Waals surface area contributed by atoms with Crippen molar-refractivity contribution in [2.45, 2.75) is 45.2 Å². The van der Waals surface area contributed by atoms with E-state index in [4.69, 9.17) is 0 Å². The van der Waals surface area contributed by atoms with Gasteiger partial charge in [0.25, 0.3) is 11.6 Å². The minimum Gasteiger partial charge on any atom is -0.369 e. The third-order valence-electron chi connectivity index (χ3n) is 4.23. The van der Waals surface area contributed by atoms with Gasteiger partial charge in [-0.1, -0.05) is 0 Å². The quantitative estimate of drug-likeness (QED) is 0.749. The van der Waals surface area contributed by atoms with Crippen molar-refractivity contribution in [3.8, 4) is 0 Å². The summed E-state index contributed by atoms with van der Waals surface area (Å²) in [4.78, 5) is 13.6. The molecule has 0 fully saturated rings. The van der Waals surface area contributed by atoms with Gasteiger partial charge in [0.1, 0.15) is 5.82 Å². The van der Waals surface area contributed by atoms with Crippen LogP contribution in [0.5, 0.6) is 0 Å². The molecule has 0 aliphatic heterocycles. The van der Waals surface area contributed by atoms with Crippen LogP contribution in [0.1, 0.15) is 39.9 Å². The number of aromatic nitrogens is 5. The van der Waals surface area contributed by atoms with Crippen molar-refractivity contribution >= 4 is 22.9 Å². The van der Waals surface area contributed by atoms with Crippen LogP contribution in [0.2, 0.25) is 0 Å². The Morgan fingerprint density at radius 2 is 2.00 bits per heavy atom. The lowest BCUT2D eigenvalue weighted by Gasteiger charge is -2.07. The van der Waals surface area contributed by atoms with Crippen LogP contribution >= 0.6 is 11.3 Å². The lowest BCUT2D eigenvalue weighted by molar-refractivity contribution is -0.144. The lowest BCUT2D eigenvalue weighted by atomic mass is 10.0. The van der Waals surface area contributed by atoms with Crippen molar-refractivity contribution in [2.75, 3.05) is 11.9 Å².